The van der Waals surface area contributed by atoms with Gasteiger partial charge in [0.25, 0.3) is 0 Å². The fourth-order valence-corrected chi connectivity index (χ4v) is 6.99. The molecule has 0 bridgehead atoms. The predicted octanol–water partition coefficient (Wildman–Crippen LogP) is 0.714. The van der Waals surface area contributed by atoms with Crippen LogP contribution in [-0.2, 0) is 24.4 Å². The van der Waals surface area contributed by atoms with Gasteiger partial charge in [0.15, 0.2) is 0 Å². The van der Waals surface area contributed by atoms with Crippen LogP contribution in [0.5, 0.6) is 0 Å². The highest BCUT2D eigenvalue weighted by Crippen LogP contribution is 2.31. The number of piperazine rings is 1. The van der Waals surface area contributed by atoms with E-state index >= 15 is 0 Å². The highest BCUT2D eigenvalue weighted by atomic mass is 32.2. The maximum Gasteiger partial charge on any atom is 0.312 e. The van der Waals surface area contributed by atoms with Crippen molar-refractivity contribution in [2.24, 2.45) is 0 Å². The summed E-state index contributed by atoms with van der Waals surface area (Å²) in [6, 6.07) is 3.07. The van der Waals surface area contributed by atoms with Crippen LogP contribution >= 0.6 is 0 Å². The molecule has 180 valence electrons. The Morgan fingerprint density at radius 3 is 2.03 bits per heavy atom. The fourth-order valence-electron chi connectivity index (χ4n) is 4.92. The molecule has 1 atom stereocenters. The highest BCUT2D eigenvalue weighted by Gasteiger charge is 2.43. The van der Waals surface area contributed by atoms with Crippen LogP contribution in [0.4, 0.5) is 0 Å². The van der Waals surface area contributed by atoms with E-state index in [1.54, 1.807) is 18.7 Å². The van der Waals surface area contributed by atoms with Gasteiger partial charge in [-0.2, -0.15) is 4.31 Å². The molecule has 1 unspecified atom stereocenters. The molecule has 3 fully saturated rings. The number of rotatable bonds is 4. The summed E-state index contributed by atoms with van der Waals surface area (Å²) < 4.78 is 28.5. The Morgan fingerprint density at radius 1 is 0.879 bits per heavy atom. The summed E-state index contributed by atoms with van der Waals surface area (Å²) in [7, 11) is -3.82. The summed E-state index contributed by atoms with van der Waals surface area (Å²) in [4.78, 5) is 41.0. The maximum atomic E-state index is 13.6. The van der Waals surface area contributed by atoms with Gasteiger partial charge in [0.1, 0.15) is 6.04 Å². The molecule has 1 aromatic carbocycles. The molecule has 1 aromatic rings. The molecule has 2 aliphatic heterocycles. The lowest BCUT2D eigenvalue weighted by atomic mass is 10.1. The first kappa shape index (κ1) is 23.7. The quantitative estimate of drug-likeness (QED) is 0.645. The van der Waals surface area contributed by atoms with Crippen LogP contribution < -0.4 is 5.32 Å². The topological polar surface area (TPSA) is 107 Å². The largest absolute Gasteiger partial charge is 0.345 e. The SMILES string of the molecule is Cc1cc(C)c(S(=O)(=O)N2CCCC2C(=O)N2CCN(C(=O)C(=O)NC3CC3)CC2)c(C)c1. The summed E-state index contributed by atoms with van der Waals surface area (Å²) in [5.74, 6) is -1.38. The number of benzene rings is 1. The third kappa shape index (κ3) is 4.77. The average Bonchev–Trinajstić information content (AvgIpc) is 3.42. The summed E-state index contributed by atoms with van der Waals surface area (Å²) in [5.41, 5.74) is 2.36. The van der Waals surface area contributed by atoms with E-state index in [0.29, 0.717) is 30.5 Å². The second-order valence-corrected chi connectivity index (χ2v) is 11.2. The first-order valence-electron chi connectivity index (χ1n) is 11.6. The van der Waals surface area contributed by atoms with Crippen LogP contribution in [0, 0.1) is 20.8 Å². The Labute approximate surface area is 195 Å². The number of carbonyl (C=O) groups excluding carboxylic acids is 3. The van der Waals surface area contributed by atoms with Crippen LogP contribution in [0.3, 0.4) is 0 Å². The first-order valence-corrected chi connectivity index (χ1v) is 13.0. The van der Waals surface area contributed by atoms with Gasteiger partial charge in [-0.3, -0.25) is 14.4 Å². The van der Waals surface area contributed by atoms with E-state index in [1.165, 1.54) is 9.21 Å². The van der Waals surface area contributed by atoms with E-state index in [9.17, 15) is 22.8 Å². The summed E-state index contributed by atoms with van der Waals surface area (Å²) in [6.07, 6.45) is 2.91. The fraction of sp³-hybridized carbons (Fsp3) is 0.609. The van der Waals surface area contributed by atoms with Crippen molar-refractivity contribution in [1.29, 1.82) is 0 Å². The Bertz CT molecular complexity index is 1050. The minimum Gasteiger partial charge on any atom is -0.345 e. The van der Waals surface area contributed by atoms with Crippen LogP contribution in [0.15, 0.2) is 17.0 Å². The minimum atomic E-state index is -3.82. The molecule has 0 spiro atoms. The van der Waals surface area contributed by atoms with Gasteiger partial charge in [0, 0.05) is 38.8 Å². The van der Waals surface area contributed by atoms with Crippen molar-refractivity contribution in [2.45, 2.75) is 63.4 Å². The third-order valence-electron chi connectivity index (χ3n) is 6.65. The molecule has 0 aromatic heterocycles. The van der Waals surface area contributed by atoms with Gasteiger partial charge in [-0.1, -0.05) is 17.7 Å². The van der Waals surface area contributed by atoms with Crippen molar-refractivity contribution in [3.05, 3.63) is 28.8 Å². The zero-order valence-electron chi connectivity index (χ0n) is 19.5. The van der Waals surface area contributed by atoms with Gasteiger partial charge in [-0.25, -0.2) is 8.42 Å². The Balaban J connectivity index is 1.43. The average molecular weight is 477 g/mol. The lowest BCUT2D eigenvalue weighted by molar-refractivity contribution is -0.149. The van der Waals surface area contributed by atoms with Gasteiger partial charge in [-0.15, -0.1) is 0 Å². The van der Waals surface area contributed by atoms with Gasteiger partial charge in [0.05, 0.1) is 4.90 Å². The number of aryl methyl sites for hydroxylation is 3. The van der Waals surface area contributed by atoms with Gasteiger partial charge in [-0.05, 0) is 57.6 Å². The van der Waals surface area contributed by atoms with E-state index in [4.69, 9.17) is 0 Å². The van der Waals surface area contributed by atoms with Gasteiger partial charge < -0.3 is 15.1 Å². The van der Waals surface area contributed by atoms with Crippen LogP contribution in [0.2, 0.25) is 0 Å². The van der Waals surface area contributed by atoms with Crippen molar-refractivity contribution < 1.29 is 22.8 Å². The number of hydrogen-bond donors (Lipinski definition) is 1. The zero-order valence-corrected chi connectivity index (χ0v) is 20.3. The van der Waals surface area contributed by atoms with Crippen molar-refractivity contribution >= 4 is 27.7 Å². The summed E-state index contributed by atoms with van der Waals surface area (Å²) >= 11 is 0. The molecule has 1 saturated carbocycles. The first-order chi connectivity index (χ1) is 15.6. The normalized spacial score (nSPS) is 21.8. The standard InChI is InChI=1S/C23H32N4O5S/c1-15-13-16(2)20(17(3)14-15)33(31,32)27-8-4-5-19(27)22(29)25-9-11-26(12-10-25)23(30)21(28)24-18-6-7-18/h13-14,18-19H,4-12H2,1-3H3,(H,24,28). The molecule has 1 aliphatic carbocycles. The smallest absolute Gasteiger partial charge is 0.312 e. The number of carbonyl (C=O) groups is 3. The van der Waals surface area contributed by atoms with Gasteiger partial charge in [0.2, 0.25) is 15.9 Å². The summed E-state index contributed by atoms with van der Waals surface area (Å²) in [5, 5.41) is 2.70. The van der Waals surface area contributed by atoms with E-state index in [2.05, 4.69) is 5.32 Å². The zero-order chi connectivity index (χ0) is 23.9. The third-order valence-corrected chi connectivity index (χ3v) is 8.86. The molecular weight excluding hydrogens is 444 g/mol. The van der Waals surface area contributed by atoms with Crippen molar-refractivity contribution in [3.8, 4) is 0 Å². The second-order valence-electron chi connectivity index (χ2n) is 9.37. The number of sulfonamides is 1. The van der Waals surface area contributed by atoms with Crippen molar-refractivity contribution in [1.82, 2.24) is 19.4 Å². The predicted molar refractivity (Wildman–Crippen MR) is 122 cm³/mol. The number of nitrogens with zero attached hydrogens (tertiary/aromatic N) is 3. The number of nitrogens with one attached hydrogen (secondary N) is 1. The molecule has 3 amide bonds. The molecule has 2 saturated heterocycles. The van der Waals surface area contributed by atoms with Crippen molar-refractivity contribution in [3.63, 3.8) is 0 Å². The minimum absolute atomic E-state index is 0.111. The van der Waals surface area contributed by atoms with Gasteiger partial charge >= 0.3 is 11.8 Å². The lowest BCUT2D eigenvalue weighted by Gasteiger charge is -2.37. The molecule has 3 aliphatic rings. The molecule has 33 heavy (non-hydrogen) atoms. The lowest BCUT2D eigenvalue weighted by Crippen LogP contribution is -2.57. The Kier molecular flexibility index (Phi) is 6.50. The van der Waals surface area contributed by atoms with Crippen LogP contribution in [-0.4, -0.2) is 85.1 Å². The molecule has 10 heteroatoms. The van der Waals surface area contributed by atoms with E-state index < -0.39 is 27.9 Å². The molecule has 4 rings (SSSR count). The van der Waals surface area contributed by atoms with E-state index in [1.807, 2.05) is 19.1 Å². The second kappa shape index (κ2) is 9.06. The van der Waals surface area contributed by atoms with Crippen LogP contribution in [0.25, 0.3) is 0 Å². The van der Waals surface area contributed by atoms with E-state index in [0.717, 1.165) is 18.4 Å². The van der Waals surface area contributed by atoms with E-state index in [-0.39, 0.29) is 43.0 Å². The highest BCUT2D eigenvalue weighted by molar-refractivity contribution is 7.89. The number of hydrogen-bond acceptors (Lipinski definition) is 5. The molecular formula is C23H32N4O5S. The number of amides is 3. The Hall–Kier alpha value is -2.46. The molecule has 0 radical (unpaired) electrons. The molecule has 2 heterocycles. The maximum absolute atomic E-state index is 13.6. The van der Waals surface area contributed by atoms with Crippen LogP contribution in [0.1, 0.15) is 42.4 Å². The molecule has 1 N–H and O–H groups in total. The summed E-state index contributed by atoms with van der Waals surface area (Å²) in [6.45, 7) is 6.91. The monoisotopic (exact) mass is 476 g/mol. The Morgan fingerprint density at radius 2 is 1.45 bits per heavy atom. The van der Waals surface area contributed by atoms with Crippen molar-refractivity contribution in [2.75, 3.05) is 32.7 Å². The molecule has 9 nitrogen and oxygen atoms in total.